The lowest BCUT2D eigenvalue weighted by Crippen LogP contribution is -2.37. The van der Waals surface area contributed by atoms with E-state index in [0.29, 0.717) is 28.1 Å². The number of amides is 1. The maximum absolute atomic E-state index is 12.9. The topological polar surface area (TPSA) is 58.4 Å². The minimum Gasteiger partial charge on any atom is -0.340 e. The third-order valence-electron chi connectivity index (χ3n) is 6.13. The number of fused-ring (bicyclic) bond motifs is 2. The smallest absolute Gasteiger partial charge is 0.271 e. The molecule has 3 atom stereocenters. The first-order valence-corrected chi connectivity index (χ1v) is 10.5. The van der Waals surface area contributed by atoms with E-state index in [1.807, 2.05) is 22.4 Å². The molecule has 29 heavy (non-hydrogen) atoms. The summed E-state index contributed by atoms with van der Waals surface area (Å²) in [4.78, 5) is 34.1. The molecule has 2 aliphatic rings. The number of benzene rings is 1. The van der Waals surface area contributed by atoms with Gasteiger partial charge >= 0.3 is 0 Å². The molecule has 1 aromatic carbocycles. The molecular formula is C21H23ClN4O2S. The Kier molecular flexibility index (Phi) is 5.46. The van der Waals surface area contributed by atoms with E-state index in [9.17, 15) is 9.59 Å². The summed E-state index contributed by atoms with van der Waals surface area (Å²) in [6.07, 6.45) is 1.49. The van der Waals surface area contributed by atoms with Gasteiger partial charge in [-0.05, 0) is 30.0 Å². The van der Waals surface area contributed by atoms with Crippen LogP contribution in [0.2, 0.25) is 0 Å². The Bertz CT molecular complexity index is 1080. The largest absolute Gasteiger partial charge is 0.340 e. The van der Waals surface area contributed by atoms with Crippen molar-refractivity contribution in [1.82, 2.24) is 19.4 Å². The highest BCUT2D eigenvalue weighted by atomic mass is 35.5. The fourth-order valence-corrected chi connectivity index (χ4v) is 5.64. The summed E-state index contributed by atoms with van der Waals surface area (Å²) in [5.41, 5.74) is 1.88. The first-order valence-electron chi connectivity index (χ1n) is 9.57. The van der Waals surface area contributed by atoms with Gasteiger partial charge in [0.15, 0.2) is 0 Å². The highest BCUT2D eigenvalue weighted by Crippen LogP contribution is 2.43. The third-order valence-corrected chi connectivity index (χ3v) is 7.02. The number of halogens is 1. The van der Waals surface area contributed by atoms with E-state index in [0.717, 1.165) is 19.6 Å². The molecule has 2 fully saturated rings. The molecule has 0 saturated carbocycles. The van der Waals surface area contributed by atoms with Gasteiger partial charge in [0.2, 0.25) is 5.91 Å². The Balaban J connectivity index is 0.00000205. The highest BCUT2D eigenvalue weighted by Gasteiger charge is 2.47. The van der Waals surface area contributed by atoms with Gasteiger partial charge in [0.25, 0.3) is 5.56 Å². The maximum atomic E-state index is 12.9. The van der Waals surface area contributed by atoms with Gasteiger partial charge in [-0.3, -0.25) is 19.1 Å². The Hall–Kier alpha value is -2.22. The molecule has 0 N–H and O–H groups in total. The van der Waals surface area contributed by atoms with E-state index >= 15 is 0 Å². The Morgan fingerprint density at radius 2 is 1.97 bits per heavy atom. The number of thiophene rings is 1. The lowest BCUT2D eigenvalue weighted by atomic mass is 9.90. The van der Waals surface area contributed by atoms with Crippen LogP contribution in [0.3, 0.4) is 0 Å². The van der Waals surface area contributed by atoms with Crippen LogP contribution in [0.5, 0.6) is 0 Å². The van der Waals surface area contributed by atoms with Gasteiger partial charge in [0.05, 0.1) is 11.8 Å². The lowest BCUT2D eigenvalue weighted by Gasteiger charge is -2.27. The van der Waals surface area contributed by atoms with Crippen LogP contribution in [0.4, 0.5) is 0 Å². The number of carbonyl (C=O) groups is 1. The van der Waals surface area contributed by atoms with Gasteiger partial charge in [-0.2, -0.15) is 0 Å². The summed E-state index contributed by atoms with van der Waals surface area (Å²) in [6.45, 7) is 2.57. The second-order valence-corrected chi connectivity index (χ2v) is 8.75. The van der Waals surface area contributed by atoms with Crippen LogP contribution in [0.25, 0.3) is 10.2 Å². The summed E-state index contributed by atoms with van der Waals surface area (Å²) in [5.74, 6) is 0.920. The normalized spacial score (nSPS) is 23.9. The van der Waals surface area contributed by atoms with E-state index in [1.54, 1.807) is 0 Å². The monoisotopic (exact) mass is 430 g/mol. The number of nitrogens with zero attached hydrogens (tertiary/aromatic N) is 4. The molecule has 5 rings (SSSR count). The molecule has 0 spiro atoms. The van der Waals surface area contributed by atoms with Crippen LogP contribution in [0.1, 0.15) is 11.6 Å². The van der Waals surface area contributed by atoms with Crippen molar-refractivity contribution in [2.45, 2.75) is 12.6 Å². The minimum atomic E-state index is -0.130. The van der Waals surface area contributed by atoms with Gasteiger partial charge in [-0.25, -0.2) is 4.98 Å². The zero-order valence-electron chi connectivity index (χ0n) is 16.1. The zero-order chi connectivity index (χ0) is 19.3. The van der Waals surface area contributed by atoms with E-state index < -0.39 is 0 Å². The van der Waals surface area contributed by atoms with Gasteiger partial charge in [0.1, 0.15) is 11.2 Å². The van der Waals surface area contributed by atoms with Crippen LogP contribution >= 0.6 is 23.7 Å². The molecule has 0 radical (unpaired) electrons. The minimum absolute atomic E-state index is 0. The fraction of sp³-hybridized carbons (Fsp3) is 0.381. The molecule has 2 saturated heterocycles. The highest BCUT2D eigenvalue weighted by molar-refractivity contribution is 7.17. The Labute approximate surface area is 179 Å². The van der Waals surface area contributed by atoms with Crippen LogP contribution in [-0.4, -0.2) is 51.9 Å². The second-order valence-electron chi connectivity index (χ2n) is 7.83. The number of carbonyl (C=O) groups excluding carboxylic acids is 1. The van der Waals surface area contributed by atoms with Crippen molar-refractivity contribution in [3.63, 3.8) is 0 Å². The average molecular weight is 431 g/mol. The molecule has 4 heterocycles. The molecule has 152 valence electrons. The predicted molar refractivity (Wildman–Crippen MR) is 117 cm³/mol. The second kappa shape index (κ2) is 7.89. The van der Waals surface area contributed by atoms with E-state index in [2.05, 4.69) is 41.2 Å². The number of hydrogen-bond acceptors (Lipinski definition) is 5. The first kappa shape index (κ1) is 20.1. The van der Waals surface area contributed by atoms with Crippen molar-refractivity contribution in [3.8, 4) is 0 Å². The van der Waals surface area contributed by atoms with E-state index in [-0.39, 0.29) is 30.4 Å². The summed E-state index contributed by atoms with van der Waals surface area (Å²) in [6, 6.07) is 12.7. The standard InChI is InChI=1S/C21H22N4O2S.ClH/c1-23-9-15-10-24(11-16(15)19(23)14-5-3-2-4-6-14)18(26)12-25-13-22-17-7-8-28-20(17)21(25)27;/h2-8,13,15-16,19H,9-12H2,1H3;1H/t15-,16+,19-;/m0./s1. The van der Waals surface area contributed by atoms with E-state index in [4.69, 9.17) is 0 Å². The molecule has 0 bridgehead atoms. The van der Waals surface area contributed by atoms with Crippen LogP contribution < -0.4 is 5.56 Å². The molecule has 6 nitrogen and oxygen atoms in total. The maximum Gasteiger partial charge on any atom is 0.271 e. The van der Waals surface area contributed by atoms with Crippen molar-refractivity contribution < 1.29 is 4.79 Å². The molecule has 2 aromatic heterocycles. The Morgan fingerprint density at radius 3 is 2.76 bits per heavy atom. The number of hydrogen-bond donors (Lipinski definition) is 0. The van der Waals surface area contributed by atoms with Gasteiger partial charge < -0.3 is 4.90 Å². The Morgan fingerprint density at radius 1 is 1.17 bits per heavy atom. The van der Waals surface area contributed by atoms with Gasteiger partial charge in [-0.1, -0.05) is 30.3 Å². The molecule has 8 heteroatoms. The summed E-state index contributed by atoms with van der Waals surface area (Å²) in [7, 11) is 2.17. The molecule has 0 unspecified atom stereocenters. The zero-order valence-corrected chi connectivity index (χ0v) is 17.7. The summed E-state index contributed by atoms with van der Waals surface area (Å²) in [5, 5.41) is 1.85. The first-order chi connectivity index (χ1) is 13.6. The van der Waals surface area contributed by atoms with Gasteiger partial charge in [0, 0.05) is 31.6 Å². The average Bonchev–Trinajstić information content (AvgIpc) is 3.39. The van der Waals surface area contributed by atoms with Crippen LogP contribution in [0.15, 0.2) is 52.9 Å². The summed E-state index contributed by atoms with van der Waals surface area (Å²) >= 11 is 1.37. The van der Waals surface area contributed by atoms with Crippen molar-refractivity contribution in [2.75, 3.05) is 26.7 Å². The molecule has 0 aliphatic carbocycles. The summed E-state index contributed by atoms with van der Waals surface area (Å²) < 4.78 is 2.05. The molecule has 1 amide bonds. The van der Waals surface area contributed by atoms with Crippen molar-refractivity contribution in [2.24, 2.45) is 11.8 Å². The fourth-order valence-electron chi connectivity index (χ4n) is 4.85. The van der Waals surface area contributed by atoms with Crippen molar-refractivity contribution >= 4 is 39.9 Å². The quantitative estimate of drug-likeness (QED) is 0.641. The molecular weight excluding hydrogens is 408 g/mol. The SMILES string of the molecule is CN1C[C@H]2CN(C(=O)Cn3cnc4ccsc4c3=O)C[C@H]2[C@@H]1c1ccccc1.Cl. The molecule has 3 aromatic rings. The van der Waals surface area contributed by atoms with Crippen LogP contribution in [0, 0.1) is 11.8 Å². The number of aromatic nitrogens is 2. The third kappa shape index (κ3) is 3.47. The number of likely N-dealkylation sites (tertiary alicyclic amines) is 2. The predicted octanol–water partition coefficient (Wildman–Crippen LogP) is 2.64. The number of rotatable bonds is 3. The van der Waals surface area contributed by atoms with Crippen LogP contribution in [-0.2, 0) is 11.3 Å². The van der Waals surface area contributed by atoms with Crippen molar-refractivity contribution in [1.29, 1.82) is 0 Å². The van der Waals surface area contributed by atoms with Crippen molar-refractivity contribution in [3.05, 3.63) is 64.0 Å². The molecule has 2 aliphatic heterocycles. The van der Waals surface area contributed by atoms with E-state index in [1.165, 1.54) is 27.8 Å². The van der Waals surface area contributed by atoms with Gasteiger partial charge in [-0.15, -0.1) is 23.7 Å². The lowest BCUT2D eigenvalue weighted by molar-refractivity contribution is -0.131.